The molecule has 2 N–H and O–H groups in total. The van der Waals surface area contributed by atoms with E-state index in [4.69, 9.17) is 14.2 Å². The molecule has 0 aromatic heterocycles. The molecule has 0 saturated carbocycles. The summed E-state index contributed by atoms with van der Waals surface area (Å²) < 4.78 is 17.2. The van der Waals surface area contributed by atoms with Crippen LogP contribution in [0.1, 0.15) is 75.1 Å². The number of ether oxygens (including phenoxy) is 3. The van der Waals surface area contributed by atoms with Gasteiger partial charge in [-0.1, -0.05) is 56.7 Å². The maximum Gasteiger partial charge on any atom is 0.245 e. The number of anilines is 1. The third kappa shape index (κ3) is 7.09. The van der Waals surface area contributed by atoms with Gasteiger partial charge in [-0.05, 0) is 78.0 Å². The molecule has 3 aromatic rings. The number of hydrogen-bond donors (Lipinski definition) is 2. The Morgan fingerprint density at radius 2 is 1.64 bits per heavy atom. The van der Waals surface area contributed by atoms with Gasteiger partial charge in [-0.2, -0.15) is 0 Å². The molecule has 2 aliphatic rings. The predicted octanol–water partition coefficient (Wildman–Crippen LogP) is 6.10. The van der Waals surface area contributed by atoms with E-state index < -0.39 is 12.1 Å². The number of rotatable bonds is 10. The van der Waals surface area contributed by atoms with Crippen molar-refractivity contribution in [3.8, 4) is 28.4 Å². The first kappa shape index (κ1) is 33.8. The van der Waals surface area contributed by atoms with Crippen LogP contribution in [0.5, 0.6) is 17.2 Å². The van der Waals surface area contributed by atoms with Crippen molar-refractivity contribution in [2.24, 2.45) is 5.92 Å². The molecule has 1 aliphatic carbocycles. The molecule has 0 spiro atoms. The Balaban J connectivity index is 1.53. The number of piperidine rings is 1. The summed E-state index contributed by atoms with van der Waals surface area (Å²) >= 11 is 0. The van der Waals surface area contributed by atoms with Crippen LogP contribution >= 0.6 is 0 Å². The Kier molecular flexibility index (Phi) is 10.7. The van der Waals surface area contributed by atoms with Crippen molar-refractivity contribution in [3.63, 3.8) is 0 Å². The molecular formula is C38H47N3O6. The summed E-state index contributed by atoms with van der Waals surface area (Å²) in [5, 5.41) is 6.43. The fourth-order valence-corrected chi connectivity index (χ4v) is 7.03. The molecule has 9 heteroatoms. The Morgan fingerprint density at radius 1 is 0.936 bits per heavy atom. The van der Waals surface area contributed by atoms with Gasteiger partial charge < -0.3 is 29.7 Å². The second-order valence-corrected chi connectivity index (χ2v) is 12.6. The molecule has 0 unspecified atom stereocenters. The number of carbonyl (C=O) groups excluding carboxylic acids is 2. The number of nitrogens with zero attached hydrogens (tertiary/aromatic N) is 1. The zero-order valence-corrected chi connectivity index (χ0v) is 28.4. The van der Waals surface area contributed by atoms with E-state index in [1.54, 1.807) is 33.5 Å². The van der Waals surface area contributed by atoms with E-state index in [1.165, 1.54) is 12.5 Å². The minimum Gasteiger partial charge on any atom is -0.493 e. The summed E-state index contributed by atoms with van der Waals surface area (Å²) in [5.41, 5.74) is 4.55. The SMILES string of the molecule is CC[C@H](C)[C@@H](Nc1ccc2c(cc1=O)[C@H](NC(C)=O)CCc1cc(OC)c(OC)c(OC)c1-2)C(=O)N1CCC(c2ccccc2)CC1. The maximum atomic E-state index is 14.1. The second-order valence-electron chi connectivity index (χ2n) is 12.6. The minimum absolute atomic E-state index is 0.0123. The van der Waals surface area contributed by atoms with Gasteiger partial charge in [-0.15, -0.1) is 0 Å². The second kappa shape index (κ2) is 14.9. The lowest BCUT2D eigenvalue weighted by molar-refractivity contribution is -0.134. The maximum absolute atomic E-state index is 14.1. The molecule has 250 valence electrons. The number of methoxy groups -OCH3 is 3. The highest BCUT2D eigenvalue weighted by molar-refractivity contribution is 5.86. The van der Waals surface area contributed by atoms with Gasteiger partial charge in [0.1, 0.15) is 6.04 Å². The number of likely N-dealkylation sites (tertiary alicyclic amines) is 1. The molecule has 5 rings (SSSR count). The third-order valence-electron chi connectivity index (χ3n) is 9.78. The summed E-state index contributed by atoms with van der Waals surface area (Å²) in [5.74, 6) is 1.72. The topological polar surface area (TPSA) is 106 Å². The average molecular weight is 642 g/mol. The molecule has 1 aliphatic heterocycles. The van der Waals surface area contributed by atoms with Crippen LogP contribution in [0.25, 0.3) is 11.1 Å². The van der Waals surface area contributed by atoms with Crippen LogP contribution in [-0.4, -0.2) is 57.2 Å². The molecule has 0 radical (unpaired) electrons. The van der Waals surface area contributed by atoms with Crippen molar-refractivity contribution < 1.29 is 23.8 Å². The lowest BCUT2D eigenvalue weighted by atomic mass is 9.88. The smallest absolute Gasteiger partial charge is 0.245 e. The van der Waals surface area contributed by atoms with E-state index in [0.29, 0.717) is 60.3 Å². The Hall–Kier alpha value is -4.53. The van der Waals surface area contributed by atoms with Crippen LogP contribution in [0.2, 0.25) is 0 Å². The molecule has 3 aromatic carbocycles. The van der Waals surface area contributed by atoms with Gasteiger partial charge in [-0.25, -0.2) is 0 Å². The van der Waals surface area contributed by atoms with E-state index in [1.807, 2.05) is 30.0 Å². The van der Waals surface area contributed by atoms with Gasteiger partial charge in [0, 0.05) is 25.6 Å². The summed E-state index contributed by atoms with van der Waals surface area (Å²) in [6.07, 6.45) is 3.76. The van der Waals surface area contributed by atoms with E-state index in [9.17, 15) is 14.4 Å². The van der Waals surface area contributed by atoms with Crippen LogP contribution in [0, 0.1) is 5.92 Å². The van der Waals surface area contributed by atoms with Crippen LogP contribution in [0.3, 0.4) is 0 Å². The minimum atomic E-state index is -0.569. The summed E-state index contributed by atoms with van der Waals surface area (Å²) in [6.45, 7) is 6.93. The zero-order valence-electron chi connectivity index (χ0n) is 28.4. The first-order valence-electron chi connectivity index (χ1n) is 16.6. The zero-order chi connectivity index (χ0) is 33.7. The van der Waals surface area contributed by atoms with Gasteiger partial charge in [0.15, 0.2) is 11.5 Å². The molecular weight excluding hydrogens is 594 g/mol. The van der Waals surface area contributed by atoms with Gasteiger partial charge >= 0.3 is 0 Å². The Morgan fingerprint density at radius 3 is 2.26 bits per heavy atom. The average Bonchev–Trinajstić information content (AvgIpc) is 3.33. The molecule has 1 fully saturated rings. The van der Waals surface area contributed by atoms with Crippen LogP contribution in [0.15, 0.2) is 59.4 Å². The van der Waals surface area contributed by atoms with Crippen molar-refractivity contribution in [1.29, 1.82) is 0 Å². The van der Waals surface area contributed by atoms with Crippen molar-refractivity contribution in [1.82, 2.24) is 10.2 Å². The fourth-order valence-electron chi connectivity index (χ4n) is 7.03. The normalized spacial score (nSPS) is 17.3. The molecule has 47 heavy (non-hydrogen) atoms. The van der Waals surface area contributed by atoms with Gasteiger partial charge in [0.2, 0.25) is 23.0 Å². The number of benzene rings is 2. The number of carbonyl (C=O) groups is 2. The lowest BCUT2D eigenvalue weighted by Gasteiger charge is -2.36. The number of amides is 2. The highest BCUT2D eigenvalue weighted by atomic mass is 16.5. The monoisotopic (exact) mass is 641 g/mol. The molecule has 9 nitrogen and oxygen atoms in total. The first-order chi connectivity index (χ1) is 22.7. The third-order valence-corrected chi connectivity index (χ3v) is 9.78. The van der Waals surface area contributed by atoms with Gasteiger partial charge in [0.25, 0.3) is 0 Å². The van der Waals surface area contributed by atoms with Crippen molar-refractivity contribution in [3.05, 3.63) is 81.5 Å². The Bertz CT molecular complexity index is 1650. The Labute approximate surface area is 277 Å². The summed E-state index contributed by atoms with van der Waals surface area (Å²) in [7, 11) is 4.72. The largest absolute Gasteiger partial charge is 0.493 e. The van der Waals surface area contributed by atoms with E-state index in [-0.39, 0.29) is 23.2 Å². The molecule has 3 atom stereocenters. The molecule has 1 heterocycles. The van der Waals surface area contributed by atoms with Crippen molar-refractivity contribution in [2.75, 3.05) is 39.7 Å². The number of fused-ring (bicyclic) bond motifs is 3. The van der Waals surface area contributed by atoms with Crippen molar-refractivity contribution in [2.45, 2.75) is 70.9 Å². The number of nitrogens with one attached hydrogen (secondary N) is 2. The number of hydrogen-bond acceptors (Lipinski definition) is 7. The molecule has 1 saturated heterocycles. The quantitative estimate of drug-likeness (QED) is 0.276. The van der Waals surface area contributed by atoms with Gasteiger partial charge in [-0.3, -0.25) is 14.4 Å². The summed E-state index contributed by atoms with van der Waals surface area (Å²) in [6, 6.07) is 16.7. The summed E-state index contributed by atoms with van der Waals surface area (Å²) in [4.78, 5) is 42.3. The number of aryl methyl sites for hydroxylation is 1. The van der Waals surface area contributed by atoms with E-state index in [0.717, 1.165) is 36.0 Å². The lowest BCUT2D eigenvalue weighted by Crippen LogP contribution is -2.49. The van der Waals surface area contributed by atoms with Crippen LogP contribution < -0.4 is 30.3 Å². The van der Waals surface area contributed by atoms with E-state index in [2.05, 4.69) is 41.8 Å². The van der Waals surface area contributed by atoms with Crippen molar-refractivity contribution >= 4 is 17.5 Å². The predicted molar refractivity (Wildman–Crippen MR) is 185 cm³/mol. The van der Waals surface area contributed by atoms with E-state index >= 15 is 0 Å². The molecule has 0 bridgehead atoms. The highest BCUT2D eigenvalue weighted by Gasteiger charge is 2.33. The highest BCUT2D eigenvalue weighted by Crippen LogP contribution is 2.50. The first-order valence-corrected chi connectivity index (χ1v) is 16.6. The van der Waals surface area contributed by atoms with Gasteiger partial charge in [0.05, 0.1) is 33.1 Å². The molecule has 2 amide bonds. The standard InChI is InChI=1S/C38H47N3O6/c1-7-23(2)35(38(44)41-19-17-26(18-20-41)25-11-9-8-10-12-25)40-31-16-14-28-29(22-32(31)43)30(39-24(3)42)15-13-27-21-33(45-4)36(46-5)37(47-6)34(27)28/h8-12,14,16,21-23,26,30,35H,7,13,15,17-20H2,1-6H3,(H,39,42)(H,40,43)/t23-,30+,35+/m0/s1. The fraction of sp³-hybridized carbons (Fsp3) is 0.447. The van der Waals surface area contributed by atoms with Crippen LogP contribution in [-0.2, 0) is 16.0 Å². The van der Waals surface area contributed by atoms with Crippen LogP contribution in [0.4, 0.5) is 5.69 Å².